The molecule has 1 aliphatic rings. The van der Waals surface area contributed by atoms with E-state index in [1.54, 1.807) is 17.5 Å². The first-order chi connectivity index (χ1) is 14.7. The zero-order valence-corrected chi connectivity index (χ0v) is 17.7. The van der Waals surface area contributed by atoms with E-state index in [2.05, 4.69) is 44.5 Å². The van der Waals surface area contributed by atoms with Gasteiger partial charge in [0.2, 0.25) is 5.91 Å². The highest BCUT2D eigenvalue weighted by atomic mass is 32.1. The van der Waals surface area contributed by atoms with Gasteiger partial charge >= 0.3 is 0 Å². The van der Waals surface area contributed by atoms with Crippen molar-refractivity contribution in [3.8, 4) is 0 Å². The molecule has 6 nitrogen and oxygen atoms in total. The van der Waals surface area contributed by atoms with Crippen LogP contribution in [0.25, 0.3) is 0 Å². The van der Waals surface area contributed by atoms with Crippen molar-refractivity contribution in [3.63, 3.8) is 0 Å². The number of hydrogen-bond acceptors (Lipinski definition) is 6. The fourth-order valence-corrected chi connectivity index (χ4v) is 4.32. The van der Waals surface area contributed by atoms with E-state index in [0.29, 0.717) is 26.0 Å². The maximum atomic E-state index is 12.4. The van der Waals surface area contributed by atoms with E-state index in [1.807, 2.05) is 29.6 Å². The van der Waals surface area contributed by atoms with E-state index in [-0.39, 0.29) is 12.0 Å². The lowest BCUT2D eigenvalue weighted by atomic mass is 10.2. The highest BCUT2D eigenvalue weighted by Crippen LogP contribution is 2.14. The Morgan fingerprint density at radius 3 is 2.87 bits per heavy atom. The Morgan fingerprint density at radius 2 is 2.03 bits per heavy atom. The fraction of sp³-hybridized carbons (Fsp3) is 0.348. The molecule has 2 aromatic heterocycles. The number of pyridine rings is 1. The van der Waals surface area contributed by atoms with Crippen LogP contribution in [-0.2, 0) is 28.9 Å². The summed E-state index contributed by atoms with van der Waals surface area (Å²) in [6.07, 6.45) is 2.78. The third-order valence-electron chi connectivity index (χ3n) is 5.00. The van der Waals surface area contributed by atoms with Crippen molar-refractivity contribution in [1.82, 2.24) is 20.2 Å². The number of thiazole rings is 1. The van der Waals surface area contributed by atoms with E-state index in [9.17, 15) is 4.79 Å². The molecular weight excluding hydrogens is 396 g/mol. The highest BCUT2D eigenvalue weighted by Gasteiger charge is 2.21. The van der Waals surface area contributed by atoms with Crippen molar-refractivity contribution < 1.29 is 9.53 Å². The molecule has 1 aliphatic heterocycles. The van der Waals surface area contributed by atoms with E-state index in [4.69, 9.17) is 4.74 Å². The normalized spacial score (nSPS) is 17.0. The van der Waals surface area contributed by atoms with Gasteiger partial charge < -0.3 is 10.1 Å². The number of carbonyl (C=O) groups is 1. The Morgan fingerprint density at radius 1 is 1.17 bits per heavy atom. The van der Waals surface area contributed by atoms with Gasteiger partial charge in [-0.3, -0.25) is 14.7 Å². The lowest BCUT2D eigenvalue weighted by Crippen LogP contribution is -2.47. The second-order valence-electron chi connectivity index (χ2n) is 7.42. The number of morpholine rings is 1. The molecule has 1 saturated heterocycles. The Labute approximate surface area is 180 Å². The van der Waals surface area contributed by atoms with Crippen LogP contribution in [0.1, 0.15) is 22.0 Å². The summed E-state index contributed by atoms with van der Waals surface area (Å²) in [5.74, 6) is -0.0199. The van der Waals surface area contributed by atoms with E-state index in [0.717, 1.165) is 36.0 Å². The summed E-state index contributed by atoms with van der Waals surface area (Å²) in [5, 5.41) is 5.94. The molecule has 7 heteroatoms. The Hall–Kier alpha value is -2.61. The molecule has 0 saturated carbocycles. The zero-order chi connectivity index (χ0) is 20.6. The van der Waals surface area contributed by atoms with Crippen LogP contribution >= 0.6 is 11.3 Å². The predicted molar refractivity (Wildman–Crippen MR) is 117 cm³/mol. The quantitative estimate of drug-likeness (QED) is 0.605. The summed E-state index contributed by atoms with van der Waals surface area (Å²) >= 11 is 1.57. The Kier molecular flexibility index (Phi) is 7.18. The van der Waals surface area contributed by atoms with Crippen LogP contribution in [0.3, 0.4) is 0 Å². The van der Waals surface area contributed by atoms with Crippen molar-refractivity contribution in [1.29, 1.82) is 0 Å². The van der Waals surface area contributed by atoms with Gasteiger partial charge in [0.25, 0.3) is 0 Å². The van der Waals surface area contributed by atoms with Crippen molar-refractivity contribution in [2.45, 2.75) is 25.5 Å². The number of carbonyl (C=O) groups excluding carboxylic acids is 1. The molecule has 0 radical (unpaired) electrons. The number of ether oxygens (including phenoxy) is 1. The zero-order valence-electron chi connectivity index (χ0n) is 16.9. The number of rotatable bonds is 8. The first-order valence-corrected chi connectivity index (χ1v) is 11.1. The van der Waals surface area contributed by atoms with Gasteiger partial charge in [-0.2, -0.15) is 0 Å². The second kappa shape index (κ2) is 10.4. The molecule has 1 amide bonds. The van der Waals surface area contributed by atoms with Gasteiger partial charge in [-0.15, -0.1) is 11.3 Å². The van der Waals surface area contributed by atoms with Gasteiger partial charge in [0.15, 0.2) is 0 Å². The number of nitrogens with zero attached hydrogens (tertiary/aromatic N) is 3. The standard InChI is InChI=1S/C23H26N4O2S/c28-22(12-20-17-30-23(26-20)13-19-8-4-5-9-24-19)25-14-21-16-27(10-11-29-21)15-18-6-2-1-3-7-18/h1-9,17,21H,10-16H2,(H,25,28). The van der Waals surface area contributed by atoms with Crippen LogP contribution in [0.15, 0.2) is 60.1 Å². The van der Waals surface area contributed by atoms with Crippen LogP contribution in [0.5, 0.6) is 0 Å². The molecule has 30 heavy (non-hydrogen) atoms. The van der Waals surface area contributed by atoms with Crippen molar-refractivity contribution in [2.24, 2.45) is 0 Å². The molecule has 3 aromatic rings. The van der Waals surface area contributed by atoms with Crippen LogP contribution in [0.2, 0.25) is 0 Å². The van der Waals surface area contributed by atoms with Crippen LogP contribution in [-0.4, -0.2) is 53.1 Å². The maximum absolute atomic E-state index is 12.4. The van der Waals surface area contributed by atoms with Crippen LogP contribution in [0, 0.1) is 0 Å². The smallest absolute Gasteiger partial charge is 0.226 e. The van der Waals surface area contributed by atoms with Crippen molar-refractivity contribution >= 4 is 17.2 Å². The van der Waals surface area contributed by atoms with Crippen molar-refractivity contribution in [3.05, 3.63) is 82.1 Å². The first kappa shape index (κ1) is 20.7. The molecule has 0 spiro atoms. The summed E-state index contributed by atoms with van der Waals surface area (Å²) in [5.41, 5.74) is 3.09. The van der Waals surface area contributed by atoms with E-state index in [1.165, 1.54) is 5.56 Å². The van der Waals surface area contributed by atoms with Crippen LogP contribution < -0.4 is 5.32 Å². The molecule has 3 heterocycles. The molecule has 1 aromatic carbocycles. The maximum Gasteiger partial charge on any atom is 0.226 e. The summed E-state index contributed by atoms with van der Waals surface area (Å²) < 4.78 is 5.84. The van der Waals surface area contributed by atoms with E-state index >= 15 is 0 Å². The third kappa shape index (κ3) is 6.19. The minimum atomic E-state index is -0.0199. The molecule has 0 aliphatic carbocycles. The van der Waals surface area contributed by atoms with Gasteiger partial charge in [-0.1, -0.05) is 36.4 Å². The lowest BCUT2D eigenvalue weighted by molar-refractivity contribution is -0.121. The molecule has 1 unspecified atom stereocenters. The monoisotopic (exact) mass is 422 g/mol. The molecule has 4 rings (SSSR count). The van der Waals surface area contributed by atoms with Gasteiger partial charge in [0.05, 0.1) is 29.8 Å². The molecular formula is C23H26N4O2S. The first-order valence-electron chi connectivity index (χ1n) is 10.2. The van der Waals surface area contributed by atoms with E-state index < -0.39 is 0 Å². The largest absolute Gasteiger partial charge is 0.374 e. The van der Waals surface area contributed by atoms with Crippen LogP contribution in [0.4, 0.5) is 0 Å². The SMILES string of the molecule is O=C(Cc1csc(Cc2ccccn2)n1)NCC1CN(Cc2ccccc2)CCO1. The van der Waals surface area contributed by atoms with Crippen molar-refractivity contribution in [2.75, 3.05) is 26.2 Å². The average molecular weight is 423 g/mol. The molecule has 1 N–H and O–H groups in total. The Balaban J connectivity index is 1.21. The number of amides is 1. The van der Waals surface area contributed by atoms with Gasteiger partial charge in [-0.05, 0) is 17.7 Å². The van der Waals surface area contributed by atoms with Gasteiger partial charge in [0, 0.05) is 49.9 Å². The summed E-state index contributed by atoms with van der Waals surface area (Å²) in [4.78, 5) is 23.6. The molecule has 1 fully saturated rings. The topological polar surface area (TPSA) is 67.4 Å². The molecule has 0 bridgehead atoms. The minimum Gasteiger partial charge on any atom is -0.374 e. The number of aromatic nitrogens is 2. The number of benzene rings is 1. The third-order valence-corrected chi connectivity index (χ3v) is 5.90. The van der Waals surface area contributed by atoms with Gasteiger partial charge in [0.1, 0.15) is 0 Å². The fourth-order valence-electron chi connectivity index (χ4n) is 3.51. The summed E-state index contributed by atoms with van der Waals surface area (Å²) in [7, 11) is 0. The Bertz CT molecular complexity index is 933. The summed E-state index contributed by atoms with van der Waals surface area (Å²) in [6, 6.07) is 16.3. The van der Waals surface area contributed by atoms with Gasteiger partial charge in [-0.25, -0.2) is 4.98 Å². The number of nitrogens with one attached hydrogen (secondary N) is 1. The molecule has 1 atom stereocenters. The minimum absolute atomic E-state index is 0.0153. The average Bonchev–Trinajstić information content (AvgIpc) is 3.20. The summed E-state index contributed by atoms with van der Waals surface area (Å²) in [6.45, 7) is 3.86. The number of hydrogen-bond donors (Lipinski definition) is 1. The molecule has 156 valence electrons. The predicted octanol–water partition coefficient (Wildman–Crippen LogP) is 2.69. The lowest BCUT2D eigenvalue weighted by Gasteiger charge is -2.33. The second-order valence-corrected chi connectivity index (χ2v) is 8.37. The highest BCUT2D eigenvalue weighted by molar-refractivity contribution is 7.09.